The van der Waals surface area contributed by atoms with Gasteiger partial charge in [-0.05, 0) is 84.8 Å². The second-order valence-corrected chi connectivity index (χ2v) is 8.85. The third-order valence-electron chi connectivity index (χ3n) is 5.77. The maximum absolute atomic E-state index is 5.71. The molecule has 2 N–H and O–H groups in total. The van der Waals surface area contributed by atoms with Crippen LogP contribution < -0.4 is 5.73 Å². The first-order valence-electron chi connectivity index (χ1n) is 9.41. The van der Waals surface area contributed by atoms with Gasteiger partial charge in [-0.2, -0.15) is 0 Å². The van der Waals surface area contributed by atoms with Crippen molar-refractivity contribution >= 4 is 16.5 Å². The van der Waals surface area contributed by atoms with Crippen LogP contribution in [-0.2, 0) is 6.54 Å². The molecular formula is C18H33N5S. The highest BCUT2D eigenvalue weighted by molar-refractivity contribution is 7.15. The molecule has 0 atom stereocenters. The molecule has 24 heavy (non-hydrogen) atoms. The van der Waals surface area contributed by atoms with E-state index in [1.165, 1.54) is 69.7 Å². The van der Waals surface area contributed by atoms with Crippen molar-refractivity contribution in [3.8, 4) is 0 Å². The largest absolute Gasteiger partial charge is 0.375 e. The van der Waals surface area contributed by atoms with Crippen LogP contribution in [0, 0.1) is 5.92 Å². The lowest BCUT2D eigenvalue weighted by Crippen LogP contribution is -2.47. The number of anilines is 1. The van der Waals surface area contributed by atoms with Gasteiger partial charge in [0, 0.05) is 23.7 Å². The Morgan fingerprint density at radius 2 is 1.92 bits per heavy atom. The molecule has 3 heterocycles. The van der Waals surface area contributed by atoms with Crippen molar-refractivity contribution in [2.45, 2.75) is 44.7 Å². The lowest BCUT2D eigenvalue weighted by atomic mass is 9.91. The predicted octanol–water partition coefficient (Wildman–Crippen LogP) is 2.35. The van der Waals surface area contributed by atoms with Crippen LogP contribution in [0.5, 0.6) is 0 Å². The minimum Gasteiger partial charge on any atom is -0.375 e. The lowest BCUT2D eigenvalue weighted by Gasteiger charge is -2.41. The summed E-state index contributed by atoms with van der Waals surface area (Å²) in [6.45, 7) is 7.33. The van der Waals surface area contributed by atoms with E-state index < -0.39 is 0 Å². The number of nitrogens with two attached hydrogens (primary N) is 1. The Bertz CT molecular complexity index is 489. The standard InChI is InChI=1S/C18H33N5S/c1-21-9-6-16(7-10-21)23-11-4-15(5-12-23)3-8-22(2)14-17-13-20-18(19)24-17/h13,15-16H,3-12,14H2,1-2H3,(H2,19,20). The third kappa shape index (κ3) is 5.15. The Labute approximate surface area is 150 Å². The monoisotopic (exact) mass is 351 g/mol. The quantitative estimate of drug-likeness (QED) is 0.852. The van der Waals surface area contributed by atoms with Crippen LogP contribution in [0.25, 0.3) is 0 Å². The van der Waals surface area contributed by atoms with E-state index in [9.17, 15) is 0 Å². The Morgan fingerprint density at radius 1 is 1.21 bits per heavy atom. The normalized spacial score (nSPS) is 22.5. The zero-order chi connectivity index (χ0) is 16.9. The number of aromatic nitrogens is 1. The van der Waals surface area contributed by atoms with Gasteiger partial charge in [-0.25, -0.2) is 4.98 Å². The zero-order valence-corrected chi connectivity index (χ0v) is 16.1. The van der Waals surface area contributed by atoms with Crippen LogP contribution in [0.4, 0.5) is 5.13 Å². The summed E-state index contributed by atoms with van der Waals surface area (Å²) in [4.78, 5) is 13.1. The van der Waals surface area contributed by atoms with E-state index in [0.717, 1.165) is 18.5 Å². The van der Waals surface area contributed by atoms with Gasteiger partial charge in [0.25, 0.3) is 0 Å². The van der Waals surface area contributed by atoms with Crippen molar-refractivity contribution in [1.82, 2.24) is 19.7 Å². The molecule has 0 unspecified atom stereocenters. The van der Waals surface area contributed by atoms with Gasteiger partial charge in [0.2, 0.25) is 0 Å². The summed E-state index contributed by atoms with van der Waals surface area (Å²) in [6, 6.07) is 0.849. The molecule has 1 aromatic rings. The van der Waals surface area contributed by atoms with Crippen LogP contribution in [0.2, 0.25) is 0 Å². The number of thiazole rings is 1. The second kappa shape index (κ2) is 8.61. The van der Waals surface area contributed by atoms with Gasteiger partial charge in [-0.15, -0.1) is 11.3 Å². The fourth-order valence-electron chi connectivity index (χ4n) is 4.11. The molecule has 0 aromatic carbocycles. The number of hydrogen-bond donors (Lipinski definition) is 1. The maximum atomic E-state index is 5.71. The average molecular weight is 352 g/mol. The van der Waals surface area contributed by atoms with Gasteiger partial charge in [-0.1, -0.05) is 0 Å². The summed E-state index contributed by atoms with van der Waals surface area (Å²) in [6.07, 6.45) is 8.73. The number of likely N-dealkylation sites (tertiary alicyclic amines) is 2. The molecular weight excluding hydrogens is 318 g/mol. The summed E-state index contributed by atoms with van der Waals surface area (Å²) in [5.74, 6) is 0.904. The lowest BCUT2D eigenvalue weighted by molar-refractivity contribution is 0.0815. The molecule has 2 saturated heterocycles. The molecule has 0 saturated carbocycles. The van der Waals surface area contributed by atoms with Crippen LogP contribution in [0.15, 0.2) is 6.20 Å². The first-order valence-corrected chi connectivity index (χ1v) is 10.2. The predicted molar refractivity (Wildman–Crippen MR) is 102 cm³/mol. The van der Waals surface area contributed by atoms with Crippen molar-refractivity contribution in [3.63, 3.8) is 0 Å². The maximum Gasteiger partial charge on any atom is 0.180 e. The Hall–Kier alpha value is -0.690. The second-order valence-electron chi connectivity index (χ2n) is 7.71. The molecule has 0 radical (unpaired) electrons. The highest BCUT2D eigenvalue weighted by Gasteiger charge is 2.27. The molecule has 2 aliphatic heterocycles. The van der Waals surface area contributed by atoms with Crippen molar-refractivity contribution in [3.05, 3.63) is 11.1 Å². The zero-order valence-electron chi connectivity index (χ0n) is 15.3. The van der Waals surface area contributed by atoms with Crippen molar-refractivity contribution in [2.24, 2.45) is 5.92 Å². The molecule has 3 rings (SSSR count). The van der Waals surface area contributed by atoms with E-state index in [-0.39, 0.29) is 0 Å². The number of hydrogen-bond acceptors (Lipinski definition) is 6. The average Bonchev–Trinajstić information content (AvgIpc) is 2.99. The number of rotatable bonds is 6. The summed E-state index contributed by atoms with van der Waals surface area (Å²) >= 11 is 1.61. The minimum atomic E-state index is 0.680. The molecule has 1 aromatic heterocycles. The summed E-state index contributed by atoms with van der Waals surface area (Å²) in [5.41, 5.74) is 5.71. The smallest absolute Gasteiger partial charge is 0.180 e. The molecule has 0 amide bonds. The van der Waals surface area contributed by atoms with Crippen LogP contribution >= 0.6 is 11.3 Å². The molecule has 0 bridgehead atoms. The van der Waals surface area contributed by atoms with E-state index in [0.29, 0.717) is 5.13 Å². The molecule has 6 heteroatoms. The van der Waals surface area contributed by atoms with E-state index in [4.69, 9.17) is 5.73 Å². The van der Waals surface area contributed by atoms with Gasteiger partial charge < -0.3 is 20.4 Å². The van der Waals surface area contributed by atoms with Gasteiger partial charge in [0.05, 0.1) is 0 Å². The van der Waals surface area contributed by atoms with Crippen LogP contribution in [-0.4, -0.2) is 72.5 Å². The molecule has 2 aliphatic rings. The van der Waals surface area contributed by atoms with Crippen LogP contribution in [0.3, 0.4) is 0 Å². The van der Waals surface area contributed by atoms with Crippen molar-refractivity contribution < 1.29 is 0 Å². The van der Waals surface area contributed by atoms with Gasteiger partial charge in [0.1, 0.15) is 0 Å². The summed E-state index contributed by atoms with van der Waals surface area (Å²) in [5, 5.41) is 0.680. The molecule has 2 fully saturated rings. The van der Waals surface area contributed by atoms with Gasteiger partial charge in [-0.3, -0.25) is 0 Å². The molecule has 0 aliphatic carbocycles. The van der Waals surface area contributed by atoms with E-state index in [2.05, 4.69) is 33.8 Å². The third-order valence-corrected chi connectivity index (χ3v) is 6.58. The fourth-order valence-corrected chi connectivity index (χ4v) is 4.88. The van der Waals surface area contributed by atoms with Gasteiger partial charge >= 0.3 is 0 Å². The SMILES string of the molecule is CN1CCC(N2CCC(CCN(C)Cc3cnc(N)s3)CC2)CC1. The first-order chi connectivity index (χ1) is 11.6. The molecule has 5 nitrogen and oxygen atoms in total. The number of piperidine rings is 2. The van der Waals surface area contributed by atoms with E-state index >= 15 is 0 Å². The minimum absolute atomic E-state index is 0.680. The summed E-state index contributed by atoms with van der Waals surface area (Å²) in [7, 11) is 4.46. The first kappa shape index (κ1) is 18.1. The van der Waals surface area contributed by atoms with E-state index in [1.54, 1.807) is 11.3 Å². The number of nitrogen functional groups attached to an aromatic ring is 1. The van der Waals surface area contributed by atoms with Crippen molar-refractivity contribution in [1.29, 1.82) is 0 Å². The Kier molecular flexibility index (Phi) is 6.49. The summed E-state index contributed by atoms with van der Waals surface area (Å²) < 4.78 is 0. The number of nitrogens with zero attached hydrogens (tertiary/aromatic N) is 4. The van der Waals surface area contributed by atoms with Crippen molar-refractivity contribution in [2.75, 3.05) is 52.6 Å². The van der Waals surface area contributed by atoms with E-state index in [1.807, 2.05) is 6.20 Å². The molecule has 0 spiro atoms. The molecule has 136 valence electrons. The van der Waals surface area contributed by atoms with Gasteiger partial charge in [0.15, 0.2) is 5.13 Å². The Morgan fingerprint density at radius 3 is 2.54 bits per heavy atom. The fraction of sp³-hybridized carbons (Fsp3) is 0.833. The highest BCUT2D eigenvalue weighted by Crippen LogP contribution is 2.26. The van der Waals surface area contributed by atoms with Crippen LogP contribution in [0.1, 0.15) is 37.0 Å². The topological polar surface area (TPSA) is 48.6 Å². The highest BCUT2D eigenvalue weighted by atomic mass is 32.1. The Balaban J connectivity index is 1.33.